The van der Waals surface area contributed by atoms with Crippen LogP contribution in [0.15, 0.2) is 39.5 Å². The minimum atomic E-state index is -0.726. The molecule has 0 aliphatic heterocycles. The van der Waals surface area contributed by atoms with Crippen LogP contribution in [0.25, 0.3) is 11.0 Å². The summed E-state index contributed by atoms with van der Waals surface area (Å²) in [5.74, 6) is -0.665. The standard InChI is InChI=1S/C11H9N3O3S/c12-11(18)14-13-9(15)7-5-6-3-1-2-4-8(6)17-10(7)16/h1-5H,(H,13,15)(H3,12,14,18). The average Bonchev–Trinajstić information content (AvgIpc) is 2.35. The zero-order valence-electron chi connectivity index (χ0n) is 9.10. The van der Waals surface area contributed by atoms with Gasteiger partial charge in [-0.05, 0) is 24.4 Å². The summed E-state index contributed by atoms with van der Waals surface area (Å²) in [6.07, 6.45) is 0. The Morgan fingerprint density at radius 1 is 1.28 bits per heavy atom. The average molecular weight is 263 g/mol. The predicted molar refractivity (Wildman–Crippen MR) is 69.9 cm³/mol. The number of nitrogens with two attached hydrogens (primary N) is 1. The summed E-state index contributed by atoms with van der Waals surface area (Å²) >= 11 is 4.52. The van der Waals surface area contributed by atoms with Crippen molar-refractivity contribution in [2.45, 2.75) is 0 Å². The van der Waals surface area contributed by atoms with E-state index in [1.54, 1.807) is 24.3 Å². The Morgan fingerprint density at radius 3 is 2.72 bits per heavy atom. The number of rotatable bonds is 1. The summed E-state index contributed by atoms with van der Waals surface area (Å²) in [5, 5.41) is 0.547. The van der Waals surface area contributed by atoms with E-state index in [0.29, 0.717) is 11.0 Å². The van der Waals surface area contributed by atoms with Crippen LogP contribution in [0.2, 0.25) is 0 Å². The van der Waals surface area contributed by atoms with Crippen molar-refractivity contribution in [1.29, 1.82) is 0 Å². The van der Waals surface area contributed by atoms with E-state index < -0.39 is 11.5 Å². The molecule has 18 heavy (non-hydrogen) atoms. The summed E-state index contributed by atoms with van der Waals surface area (Å²) in [6.45, 7) is 0. The lowest BCUT2D eigenvalue weighted by atomic mass is 10.2. The van der Waals surface area contributed by atoms with Crippen LogP contribution < -0.4 is 22.2 Å². The van der Waals surface area contributed by atoms with Crippen molar-refractivity contribution in [1.82, 2.24) is 10.9 Å². The summed E-state index contributed by atoms with van der Waals surface area (Å²) in [4.78, 5) is 23.3. The molecule has 0 fully saturated rings. The lowest BCUT2D eigenvalue weighted by Gasteiger charge is -2.05. The highest BCUT2D eigenvalue weighted by atomic mass is 32.1. The van der Waals surface area contributed by atoms with Gasteiger partial charge in [-0.3, -0.25) is 15.6 Å². The third-order valence-corrected chi connectivity index (χ3v) is 2.29. The third kappa shape index (κ3) is 2.46. The van der Waals surface area contributed by atoms with Crippen LogP contribution in [0.3, 0.4) is 0 Å². The maximum Gasteiger partial charge on any atom is 0.349 e. The molecule has 0 atom stereocenters. The Bertz CT molecular complexity index is 681. The molecule has 4 N–H and O–H groups in total. The highest BCUT2D eigenvalue weighted by Gasteiger charge is 2.13. The van der Waals surface area contributed by atoms with Gasteiger partial charge in [0.15, 0.2) is 5.11 Å². The second-order valence-electron chi connectivity index (χ2n) is 3.43. The summed E-state index contributed by atoms with van der Waals surface area (Å²) < 4.78 is 5.01. The van der Waals surface area contributed by atoms with Gasteiger partial charge in [0, 0.05) is 5.39 Å². The number of fused-ring (bicyclic) bond motifs is 1. The minimum Gasteiger partial charge on any atom is -0.422 e. The fourth-order valence-corrected chi connectivity index (χ4v) is 1.46. The number of nitrogens with one attached hydrogen (secondary N) is 2. The zero-order valence-corrected chi connectivity index (χ0v) is 9.91. The number of hydrogen-bond acceptors (Lipinski definition) is 4. The predicted octanol–water partition coefficient (Wildman–Crippen LogP) is 0.271. The molecule has 0 radical (unpaired) electrons. The maximum absolute atomic E-state index is 11.7. The van der Waals surface area contributed by atoms with Gasteiger partial charge >= 0.3 is 5.63 Å². The van der Waals surface area contributed by atoms with Crippen LogP contribution in [0.5, 0.6) is 0 Å². The van der Waals surface area contributed by atoms with Gasteiger partial charge in [0.05, 0.1) is 0 Å². The number of benzene rings is 1. The molecule has 92 valence electrons. The second-order valence-corrected chi connectivity index (χ2v) is 3.87. The smallest absolute Gasteiger partial charge is 0.349 e. The maximum atomic E-state index is 11.7. The van der Waals surface area contributed by atoms with Crippen molar-refractivity contribution in [3.8, 4) is 0 Å². The quantitative estimate of drug-likeness (QED) is 0.388. The molecule has 0 saturated carbocycles. The third-order valence-electron chi connectivity index (χ3n) is 2.19. The monoisotopic (exact) mass is 263 g/mol. The molecule has 7 heteroatoms. The molecule has 0 aliphatic carbocycles. The van der Waals surface area contributed by atoms with Crippen LogP contribution in [-0.2, 0) is 0 Å². The molecule has 2 rings (SSSR count). The van der Waals surface area contributed by atoms with E-state index in [1.165, 1.54) is 6.07 Å². The Labute approximate surface area is 107 Å². The van der Waals surface area contributed by atoms with E-state index in [2.05, 4.69) is 23.1 Å². The molecule has 0 saturated heterocycles. The number of thiocarbonyl (C=S) groups is 1. The number of amides is 1. The van der Waals surface area contributed by atoms with Gasteiger partial charge in [-0.2, -0.15) is 0 Å². The molecule has 1 aromatic heterocycles. The summed E-state index contributed by atoms with van der Waals surface area (Å²) in [7, 11) is 0. The van der Waals surface area contributed by atoms with Gasteiger partial charge in [0.2, 0.25) is 0 Å². The van der Waals surface area contributed by atoms with Crippen LogP contribution >= 0.6 is 12.2 Å². The Kier molecular flexibility index (Phi) is 3.24. The van der Waals surface area contributed by atoms with Crippen LogP contribution in [0.4, 0.5) is 0 Å². The first-order valence-corrected chi connectivity index (χ1v) is 5.37. The summed E-state index contributed by atoms with van der Waals surface area (Å²) in [5.41, 5.74) is 9.15. The van der Waals surface area contributed by atoms with Gasteiger partial charge in [-0.1, -0.05) is 18.2 Å². The number of para-hydroxylation sites is 1. The Morgan fingerprint density at radius 2 is 2.00 bits per heavy atom. The molecule has 1 aromatic carbocycles. The number of carbonyl (C=O) groups excluding carboxylic acids is 1. The van der Waals surface area contributed by atoms with Gasteiger partial charge in [-0.15, -0.1) is 0 Å². The Balaban J connectivity index is 2.38. The highest BCUT2D eigenvalue weighted by Crippen LogP contribution is 2.12. The SMILES string of the molecule is NC(=S)NNC(=O)c1cc2ccccc2oc1=O. The van der Waals surface area contributed by atoms with Gasteiger partial charge in [0.1, 0.15) is 11.1 Å². The molecule has 0 aliphatic rings. The van der Waals surface area contributed by atoms with E-state index >= 15 is 0 Å². The molecule has 6 nitrogen and oxygen atoms in total. The van der Waals surface area contributed by atoms with Crippen molar-refractivity contribution in [3.63, 3.8) is 0 Å². The minimum absolute atomic E-state index is 0.103. The van der Waals surface area contributed by atoms with Crippen molar-refractivity contribution >= 4 is 34.2 Å². The lowest BCUT2D eigenvalue weighted by Crippen LogP contribution is -2.45. The molecule has 0 spiro atoms. The van der Waals surface area contributed by atoms with Gasteiger partial charge in [0.25, 0.3) is 5.91 Å². The molecule has 2 aromatic rings. The van der Waals surface area contributed by atoms with Crippen molar-refractivity contribution < 1.29 is 9.21 Å². The van der Waals surface area contributed by atoms with Crippen molar-refractivity contribution in [3.05, 3.63) is 46.3 Å². The highest BCUT2D eigenvalue weighted by molar-refractivity contribution is 7.80. The first kappa shape index (κ1) is 12.1. The van der Waals surface area contributed by atoms with E-state index in [-0.39, 0.29) is 10.7 Å². The zero-order chi connectivity index (χ0) is 13.1. The number of carbonyl (C=O) groups is 1. The topological polar surface area (TPSA) is 97.4 Å². The molecule has 1 heterocycles. The lowest BCUT2D eigenvalue weighted by molar-refractivity contribution is 0.0940. The molecule has 0 bridgehead atoms. The van der Waals surface area contributed by atoms with Crippen LogP contribution in [-0.4, -0.2) is 11.0 Å². The first-order chi connectivity index (χ1) is 8.58. The van der Waals surface area contributed by atoms with E-state index in [0.717, 1.165) is 0 Å². The van der Waals surface area contributed by atoms with E-state index in [4.69, 9.17) is 10.2 Å². The number of hydrazine groups is 1. The first-order valence-electron chi connectivity index (χ1n) is 4.96. The molecule has 1 amide bonds. The van der Waals surface area contributed by atoms with E-state index in [1.807, 2.05) is 0 Å². The largest absolute Gasteiger partial charge is 0.422 e. The van der Waals surface area contributed by atoms with Crippen LogP contribution in [0.1, 0.15) is 10.4 Å². The molecular formula is C11H9N3O3S. The fraction of sp³-hybridized carbons (Fsp3) is 0. The second kappa shape index (κ2) is 4.84. The Hall–Kier alpha value is -2.41. The van der Waals surface area contributed by atoms with Crippen molar-refractivity contribution in [2.24, 2.45) is 5.73 Å². The van der Waals surface area contributed by atoms with E-state index in [9.17, 15) is 9.59 Å². The van der Waals surface area contributed by atoms with Crippen LogP contribution in [0, 0.1) is 0 Å². The molecule has 0 unspecified atom stereocenters. The summed E-state index contributed by atoms with van der Waals surface area (Å²) in [6, 6.07) is 8.33. The number of hydrogen-bond donors (Lipinski definition) is 3. The van der Waals surface area contributed by atoms with Gasteiger partial charge in [-0.25, -0.2) is 4.79 Å². The molecular weight excluding hydrogens is 254 g/mol. The fourth-order valence-electron chi connectivity index (χ4n) is 1.41. The van der Waals surface area contributed by atoms with Crippen molar-refractivity contribution in [2.75, 3.05) is 0 Å². The van der Waals surface area contributed by atoms with Gasteiger partial charge < -0.3 is 10.2 Å². The normalized spacial score (nSPS) is 10.0.